The van der Waals surface area contributed by atoms with Crippen LogP contribution in [0.25, 0.3) is 0 Å². The highest BCUT2D eigenvalue weighted by molar-refractivity contribution is 7.80. The van der Waals surface area contributed by atoms with E-state index in [0.717, 1.165) is 11.3 Å². The van der Waals surface area contributed by atoms with Crippen LogP contribution in [0.1, 0.15) is 28.3 Å². The maximum atomic E-state index is 6.01. The molecule has 2 N–H and O–H groups in total. The number of benzene rings is 1. The Morgan fingerprint density at radius 3 is 2.40 bits per heavy atom. The third-order valence-corrected chi connectivity index (χ3v) is 3.26. The standard InChI is InChI=1S/C12H19NOS/c1-7-5-10(11(13)6-15)8(2)9(3)12(7)14-4/h5,11,15H,6,13H2,1-4H3. The largest absolute Gasteiger partial charge is 0.496 e. The lowest BCUT2D eigenvalue weighted by Crippen LogP contribution is -2.14. The predicted molar refractivity (Wildman–Crippen MR) is 68.0 cm³/mol. The zero-order valence-corrected chi connectivity index (χ0v) is 10.7. The van der Waals surface area contributed by atoms with Crippen LogP contribution in [0.4, 0.5) is 0 Å². The second-order valence-corrected chi connectivity index (χ2v) is 4.22. The molecule has 0 radical (unpaired) electrons. The van der Waals surface area contributed by atoms with Crippen molar-refractivity contribution >= 4 is 12.6 Å². The normalized spacial score (nSPS) is 12.7. The molecule has 1 rings (SSSR count). The van der Waals surface area contributed by atoms with E-state index in [0.29, 0.717) is 5.75 Å². The van der Waals surface area contributed by atoms with Crippen molar-refractivity contribution < 1.29 is 4.74 Å². The number of nitrogens with two attached hydrogens (primary N) is 1. The number of methoxy groups -OCH3 is 1. The summed E-state index contributed by atoms with van der Waals surface area (Å²) in [6.07, 6.45) is 0. The van der Waals surface area contributed by atoms with E-state index < -0.39 is 0 Å². The van der Waals surface area contributed by atoms with Crippen LogP contribution in [0.2, 0.25) is 0 Å². The Hall–Kier alpha value is -0.670. The first-order valence-corrected chi connectivity index (χ1v) is 5.67. The highest BCUT2D eigenvalue weighted by Crippen LogP contribution is 2.31. The molecule has 0 bridgehead atoms. The van der Waals surface area contributed by atoms with Crippen LogP contribution in [0, 0.1) is 20.8 Å². The molecule has 0 aliphatic rings. The van der Waals surface area contributed by atoms with E-state index in [1.54, 1.807) is 7.11 Å². The van der Waals surface area contributed by atoms with Crippen molar-refractivity contribution in [2.75, 3.05) is 12.9 Å². The van der Waals surface area contributed by atoms with Crippen molar-refractivity contribution in [3.63, 3.8) is 0 Å². The molecule has 3 heteroatoms. The lowest BCUT2D eigenvalue weighted by Gasteiger charge is -2.18. The van der Waals surface area contributed by atoms with Gasteiger partial charge in [-0.3, -0.25) is 0 Å². The van der Waals surface area contributed by atoms with Gasteiger partial charge in [0.05, 0.1) is 7.11 Å². The summed E-state index contributed by atoms with van der Waals surface area (Å²) in [5, 5.41) is 0. The summed E-state index contributed by atoms with van der Waals surface area (Å²) in [4.78, 5) is 0. The van der Waals surface area contributed by atoms with E-state index in [9.17, 15) is 0 Å². The van der Waals surface area contributed by atoms with Crippen molar-refractivity contribution in [3.05, 3.63) is 28.3 Å². The summed E-state index contributed by atoms with van der Waals surface area (Å²) in [5.41, 5.74) is 10.7. The molecule has 0 spiro atoms. The van der Waals surface area contributed by atoms with Gasteiger partial charge in [-0.15, -0.1) is 0 Å². The Morgan fingerprint density at radius 1 is 1.33 bits per heavy atom. The maximum Gasteiger partial charge on any atom is 0.124 e. The Bertz CT molecular complexity index is 363. The molecule has 0 heterocycles. The molecule has 84 valence electrons. The van der Waals surface area contributed by atoms with E-state index >= 15 is 0 Å². The summed E-state index contributed by atoms with van der Waals surface area (Å²) in [6, 6.07) is 2.10. The van der Waals surface area contributed by atoms with Crippen LogP contribution in [-0.2, 0) is 0 Å². The summed E-state index contributed by atoms with van der Waals surface area (Å²) in [7, 11) is 1.70. The van der Waals surface area contributed by atoms with Crippen molar-refractivity contribution in [2.45, 2.75) is 26.8 Å². The van der Waals surface area contributed by atoms with E-state index in [1.807, 2.05) is 6.92 Å². The number of hydrogen-bond acceptors (Lipinski definition) is 3. The molecular weight excluding hydrogens is 206 g/mol. The van der Waals surface area contributed by atoms with Gasteiger partial charge in [0.15, 0.2) is 0 Å². The quantitative estimate of drug-likeness (QED) is 0.775. The number of hydrogen-bond donors (Lipinski definition) is 2. The Balaban J connectivity index is 3.33. The van der Waals surface area contributed by atoms with Crippen LogP contribution < -0.4 is 10.5 Å². The molecule has 1 unspecified atom stereocenters. The van der Waals surface area contributed by atoms with Crippen molar-refractivity contribution in [3.8, 4) is 5.75 Å². The lowest BCUT2D eigenvalue weighted by atomic mass is 9.95. The number of thiol groups is 1. The topological polar surface area (TPSA) is 35.2 Å². The molecule has 0 aromatic heterocycles. The highest BCUT2D eigenvalue weighted by atomic mass is 32.1. The molecule has 0 saturated carbocycles. The fourth-order valence-corrected chi connectivity index (χ4v) is 2.08. The minimum Gasteiger partial charge on any atom is -0.496 e. The second kappa shape index (κ2) is 4.90. The summed E-state index contributed by atoms with van der Waals surface area (Å²) in [6.45, 7) is 6.19. The van der Waals surface area contributed by atoms with Gasteiger partial charge < -0.3 is 10.5 Å². The molecule has 1 aromatic carbocycles. The molecule has 1 aromatic rings. The molecule has 2 nitrogen and oxygen atoms in total. The van der Waals surface area contributed by atoms with E-state index in [-0.39, 0.29) is 6.04 Å². The van der Waals surface area contributed by atoms with Crippen molar-refractivity contribution in [1.82, 2.24) is 0 Å². The van der Waals surface area contributed by atoms with Gasteiger partial charge in [0.1, 0.15) is 5.75 Å². The second-order valence-electron chi connectivity index (χ2n) is 3.86. The zero-order chi connectivity index (χ0) is 11.6. The van der Waals surface area contributed by atoms with Crippen LogP contribution in [-0.4, -0.2) is 12.9 Å². The van der Waals surface area contributed by atoms with Gasteiger partial charge >= 0.3 is 0 Å². The molecule has 0 aliphatic heterocycles. The van der Waals surface area contributed by atoms with Gasteiger partial charge in [0.2, 0.25) is 0 Å². The van der Waals surface area contributed by atoms with Gasteiger partial charge in [0.25, 0.3) is 0 Å². The minimum absolute atomic E-state index is 0.00311. The first kappa shape index (κ1) is 12.4. The first-order chi connectivity index (χ1) is 7.02. The SMILES string of the molecule is COc1c(C)cc(C(N)CS)c(C)c1C. The Morgan fingerprint density at radius 2 is 1.93 bits per heavy atom. The predicted octanol–water partition coefficient (Wildman–Crippen LogP) is 2.55. The molecular formula is C12H19NOS. The molecule has 15 heavy (non-hydrogen) atoms. The molecule has 0 saturated heterocycles. The van der Waals surface area contributed by atoms with Crippen LogP contribution in [0.5, 0.6) is 5.75 Å². The Labute approximate surface area is 97.2 Å². The fourth-order valence-electron chi connectivity index (χ4n) is 1.89. The minimum atomic E-state index is -0.00311. The smallest absolute Gasteiger partial charge is 0.124 e. The summed E-state index contributed by atoms with van der Waals surface area (Å²) < 4.78 is 5.37. The number of aryl methyl sites for hydroxylation is 1. The first-order valence-electron chi connectivity index (χ1n) is 5.04. The van der Waals surface area contributed by atoms with Crippen molar-refractivity contribution in [2.24, 2.45) is 5.73 Å². The van der Waals surface area contributed by atoms with Crippen LogP contribution >= 0.6 is 12.6 Å². The van der Waals surface area contributed by atoms with Gasteiger partial charge in [0, 0.05) is 11.8 Å². The fraction of sp³-hybridized carbons (Fsp3) is 0.500. The third kappa shape index (κ3) is 2.29. The summed E-state index contributed by atoms with van der Waals surface area (Å²) >= 11 is 4.24. The van der Waals surface area contributed by atoms with E-state index in [4.69, 9.17) is 10.5 Å². The zero-order valence-electron chi connectivity index (χ0n) is 9.79. The molecule has 1 atom stereocenters. The Kier molecular flexibility index (Phi) is 4.05. The van der Waals surface area contributed by atoms with Gasteiger partial charge in [-0.1, -0.05) is 6.07 Å². The van der Waals surface area contributed by atoms with Crippen LogP contribution in [0.15, 0.2) is 6.07 Å². The van der Waals surface area contributed by atoms with Gasteiger partial charge in [-0.2, -0.15) is 12.6 Å². The summed E-state index contributed by atoms with van der Waals surface area (Å²) in [5.74, 6) is 1.62. The molecule has 0 aliphatic carbocycles. The maximum absolute atomic E-state index is 6.01. The average Bonchev–Trinajstić information content (AvgIpc) is 2.23. The average molecular weight is 225 g/mol. The number of ether oxygens (including phenoxy) is 1. The molecule has 0 amide bonds. The van der Waals surface area contributed by atoms with E-state index in [1.165, 1.54) is 16.7 Å². The number of rotatable bonds is 3. The van der Waals surface area contributed by atoms with E-state index in [2.05, 4.69) is 32.5 Å². The third-order valence-electron chi connectivity index (χ3n) is 2.87. The molecule has 0 fully saturated rings. The highest BCUT2D eigenvalue weighted by Gasteiger charge is 2.14. The van der Waals surface area contributed by atoms with Crippen LogP contribution in [0.3, 0.4) is 0 Å². The van der Waals surface area contributed by atoms with Crippen molar-refractivity contribution in [1.29, 1.82) is 0 Å². The lowest BCUT2D eigenvalue weighted by molar-refractivity contribution is 0.408. The van der Waals surface area contributed by atoms with Gasteiger partial charge in [-0.05, 0) is 43.0 Å². The van der Waals surface area contributed by atoms with Gasteiger partial charge in [-0.25, -0.2) is 0 Å². The monoisotopic (exact) mass is 225 g/mol.